The van der Waals surface area contributed by atoms with Crippen LogP contribution in [-0.2, 0) is 10.8 Å². The molecule has 0 bridgehead atoms. The predicted molar refractivity (Wildman–Crippen MR) is 511 cm³/mol. The minimum absolute atomic E-state index is 0.0218. The molecule has 0 fully saturated rings. The van der Waals surface area contributed by atoms with Crippen molar-refractivity contribution in [2.75, 3.05) is 14.7 Å². The second kappa shape index (κ2) is 35.4. The third-order valence-corrected chi connectivity index (χ3v) is 23.5. The average Bonchev–Trinajstić information content (AvgIpc) is 1.58. The maximum absolute atomic E-state index is 4.86. The molecule has 6 heteroatoms. The van der Waals surface area contributed by atoms with Crippen molar-refractivity contribution in [2.45, 2.75) is 145 Å². The quantitative estimate of drug-likeness (QED) is 0.101. The van der Waals surface area contributed by atoms with E-state index in [1.165, 1.54) is 122 Å². The third-order valence-electron chi connectivity index (χ3n) is 23.5. The minimum atomic E-state index is 0.0218. The van der Waals surface area contributed by atoms with E-state index in [2.05, 4.69) is 463 Å². The number of benzene rings is 14. The van der Waals surface area contributed by atoms with Gasteiger partial charge in [0.05, 0.1) is 22.4 Å². The molecule has 17 aromatic rings. The van der Waals surface area contributed by atoms with Gasteiger partial charge in [-0.3, -0.25) is 9.97 Å². The van der Waals surface area contributed by atoms with E-state index in [1.54, 1.807) is 0 Å². The Morgan fingerprint density at radius 1 is 0.252 bits per heavy atom. The molecule has 6 nitrogen and oxygen atoms in total. The van der Waals surface area contributed by atoms with Crippen molar-refractivity contribution in [3.05, 3.63) is 403 Å². The Hall–Kier alpha value is -13.0. The molecule has 0 spiro atoms. The van der Waals surface area contributed by atoms with Gasteiger partial charge in [0.15, 0.2) is 0 Å². The Bertz CT molecular complexity index is 6300. The molecule has 14 aromatic carbocycles. The van der Waals surface area contributed by atoms with Crippen molar-refractivity contribution >= 4 is 77.5 Å². The molecule has 0 amide bonds. The molecule has 2 aliphatic carbocycles. The van der Waals surface area contributed by atoms with Crippen molar-refractivity contribution < 1.29 is 0 Å². The molecule has 0 N–H and O–H groups in total. The molecule has 2 aliphatic rings. The normalized spacial score (nSPS) is 12.5. The molecule has 0 saturated heterocycles. The Labute approximate surface area is 706 Å². The average molecular weight is 1550 g/mol. The fraction of sp³-hybridized carbons (Fsp3) is 0.195. The number of hydrogen-bond donors (Lipinski definition) is 0. The second-order valence-electron chi connectivity index (χ2n) is 34.2. The van der Waals surface area contributed by atoms with Crippen molar-refractivity contribution in [2.24, 2.45) is 0 Å². The minimum Gasteiger partial charge on any atom is -0.339 e. The maximum Gasteiger partial charge on any atom is 0.0967 e. The highest BCUT2D eigenvalue weighted by molar-refractivity contribution is 6.02. The summed E-state index contributed by atoms with van der Waals surface area (Å²) < 4.78 is 0. The zero-order chi connectivity index (χ0) is 83.1. The van der Waals surface area contributed by atoms with E-state index in [4.69, 9.17) is 9.97 Å². The van der Waals surface area contributed by atoms with Crippen LogP contribution in [0.25, 0.3) is 99.2 Å². The number of pyridine rings is 3. The Morgan fingerprint density at radius 2 is 0.622 bits per heavy atom. The summed E-state index contributed by atoms with van der Waals surface area (Å²) in [5, 5.41) is 7.44. The first-order valence-corrected chi connectivity index (χ1v) is 42.4. The molecular formula is C113H110N6. The van der Waals surface area contributed by atoms with Crippen molar-refractivity contribution in [3.8, 4) is 55.9 Å². The molecule has 0 unspecified atom stereocenters. The summed E-state index contributed by atoms with van der Waals surface area (Å²) in [6.07, 6.45) is 1.82. The lowest BCUT2D eigenvalue weighted by molar-refractivity contribution is 0.659. The van der Waals surface area contributed by atoms with Crippen LogP contribution < -0.4 is 14.7 Å². The van der Waals surface area contributed by atoms with Gasteiger partial charge in [0.2, 0.25) is 0 Å². The summed E-state index contributed by atoms with van der Waals surface area (Å²) in [4.78, 5) is 21.3. The first kappa shape index (κ1) is 81.1. The molecule has 0 radical (unpaired) electrons. The number of nitrogens with zero attached hydrogens (tertiary/aromatic N) is 6. The fourth-order valence-electron chi connectivity index (χ4n) is 17.2. The van der Waals surface area contributed by atoms with E-state index < -0.39 is 0 Å². The lowest BCUT2D eigenvalue weighted by Gasteiger charge is -2.31. The number of para-hydroxylation sites is 1. The number of anilines is 6. The molecule has 3 aromatic heterocycles. The summed E-state index contributed by atoms with van der Waals surface area (Å²) >= 11 is 0. The van der Waals surface area contributed by atoms with Gasteiger partial charge in [-0.1, -0.05) is 316 Å². The van der Waals surface area contributed by atoms with Gasteiger partial charge in [-0.25, -0.2) is 4.98 Å². The molecule has 119 heavy (non-hydrogen) atoms. The standard InChI is InChI=1S/C30H29N.C28H27N.C20H21N.C20H19N.C15H14N2/c1-21(2)31(24-10-6-5-7-11-24)25-17-14-22(15-18-25)23-16-19-27-26-12-8-9-13-28(26)30(3,4)29(27)20-23;1-19(2)29(22-14-13-20-9-5-6-10-21(20)17-22)23-15-16-25-24-11-7-8-12-26(24)28(3,4)27(25)18-23;1-15(2)21(19-11-8-16(3)9-12-19)20-13-10-17-6-4-5-7-18(17)14-20;1-15(2)18-13-19(16-9-5-3-6-10-16)21-20(14-18)17-11-7-4-8-12-17;1-10(2)13-8-7-12-6-5-11-4-3-9-16-14(11)15(12)17-13/h5-21H,1-4H3;5-19H,1-4H3;4-15H,1-3H3;3-15H,1-2H3;3-10H,1-2H3. The van der Waals surface area contributed by atoms with Crippen molar-refractivity contribution in [1.29, 1.82) is 0 Å². The maximum atomic E-state index is 4.86. The monoisotopic (exact) mass is 1550 g/mol. The van der Waals surface area contributed by atoms with Gasteiger partial charge in [-0.05, 0) is 246 Å². The number of hydrogen-bond acceptors (Lipinski definition) is 6. The van der Waals surface area contributed by atoms with Gasteiger partial charge in [0.25, 0.3) is 0 Å². The topological polar surface area (TPSA) is 48.4 Å². The summed E-state index contributed by atoms with van der Waals surface area (Å²) in [7, 11) is 0. The highest BCUT2D eigenvalue weighted by Crippen LogP contribution is 2.52. The van der Waals surface area contributed by atoms with Crippen LogP contribution >= 0.6 is 0 Å². The summed E-state index contributed by atoms with van der Waals surface area (Å²) in [5.74, 6) is 0.927. The number of aryl methyl sites for hydroxylation is 1. The van der Waals surface area contributed by atoms with Gasteiger partial charge in [0, 0.05) is 96.9 Å². The number of fused-ring (bicyclic) bond motifs is 11. The van der Waals surface area contributed by atoms with Crippen LogP contribution in [0.5, 0.6) is 0 Å². The summed E-state index contributed by atoms with van der Waals surface area (Å²) in [6, 6.07) is 129. The van der Waals surface area contributed by atoms with Crippen LogP contribution in [0.15, 0.2) is 364 Å². The van der Waals surface area contributed by atoms with Gasteiger partial charge < -0.3 is 14.7 Å². The van der Waals surface area contributed by atoms with E-state index in [9.17, 15) is 0 Å². The van der Waals surface area contributed by atoms with Crippen LogP contribution in [0.2, 0.25) is 0 Å². The van der Waals surface area contributed by atoms with Gasteiger partial charge in [-0.2, -0.15) is 0 Å². The van der Waals surface area contributed by atoms with E-state index in [0.29, 0.717) is 30.0 Å². The third kappa shape index (κ3) is 17.5. The zero-order valence-corrected chi connectivity index (χ0v) is 71.7. The molecule has 0 saturated carbocycles. The Kier molecular flexibility index (Phi) is 24.2. The summed E-state index contributed by atoms with van der Waals surface area (Å²) in [5.41, 5.74) is 31.4. The zero-order valence-electron chi connectivity index (χ0n) is 71.7. The predicted octanol–water partition coefficient (Wildman–Crippen LogP) is 31.0. The highest BCUT2D eigenvalue weighted by atomic mass is 15.2. The van der Waals surface area contributed by atoms with E-state index >= 15 is 0 Å². The van der Waals surface area contributed by atoms with Gasteiger partial charge in [0.1, 0.15) is 0 Å². The number of rotatable bonds is 14. The lowest BCUT2D eigenvalue weighted by atomic mass is 9.81. The largest absolute Gasteiger partial charge is 0.339 e. The summed E-state index contributed by atoms with van der Waals surface area (Å²) in [6.45, 7) is 33.7. The van der Waals surface area contributed by atoms with Crippen LogP contribution in [0, 0.1) is 6.92 Å². The molecule has 0 atom stereocenters. The van der Waals surface area contributed by atoms with Crippen molar-refractivity contribution in [1.82, 2.24) is 15.0 Å². The lowest BCUT2D eigenvalue weighted by Crippen LogP contribution is -2.26. The van der Waals surface area contributed by atoms with Crippen LogP contribution in [-0.4, -0.2) is 33.1 Å². The van der Waals surface area contributed by atoms with Crippen LogP contribution in [0.4, 0.5) is 34.1 Å². The molecule has 0 aliphatic heterocycles. The first-order valence-electron chi connectivity index (χ1n) is 42.4. The van der Waals surface area contributed by atoms with Gasteiger partial charge >= 0.3 is 0 Å². The number of aromatic nitrogens is 3. The van der Waals surface area contributed by atoms with Gasteiger partial charge in [-0.15, -0.1) is 0 Å². The molecule has 3 heterocycles. The van der Waals surface area contributed by atoms with E-state index in [-0.39, 0.29) is 10.8 Å². The van der Waals surface area contributed by atoms with Crippen molar-refractivity contribution in [3.63, 3.8) is 0 Å². The van der Waals surface area contributed by atoms with Crippen LogP contribution in [0.3, 0.4) is 0 Å². The molecule has 19 rings (SSSR count). The van der Waals surface area contributed by atoms with E-state index in [1.807, 2.05) is 24.4 Å². The SMILES string of the molecule is CC(C)N(c1ccc2c(c1)C(C)(C)c1ccccc1-2)c1ccc2ccccc2c1.CC(C)N(c1ccccc1)c1ccc(-c2ccc3c(c2)C(C)(C)c2ccccc2-3)cc1.CC(C)c1cc(-c2ccccc2)nc(-c2ccccc2)c1.CC(C)c1ccc2ccc3cccnc3c2n1.Cc1ccc(N(c2ccc3ccccc3c2)C(C)C)cc1. The Balaban J connectivity index is 0.000000118. The first-order chi connectivity index (χ1) is 57.6. The highest BCUT2D eigenvalue weighted by Gasteiger charge is 2.37. The second-order valence-corrected chi connectivity index (χ2v) is 34.2. The van der Waals surface area contributed by atoms with E-state index in [0.717, 1.165) is 50.0 Å². The Morgan fingerprint density at radius 3 is 1.13 bits per heavy atom. The molecular weight excluding hydrogens is 1440 g/mol. The molecule has 592 valence electrons. The van der Waals surface area contributed by atoms with Crippen LogP contribution in [0.1, 0.15) is 148 Å². The fourth-order valence-corrected chi connectivity index (χ4v) is 17.2. The smallest absolute Gasteiger partial charge is 0.0967 e.